The lowest BCUT2D eigenvalue weighted by Gasteiger charge is -2.19. The van der Waals surface area contributed by atoms with Crippen LogP contribution >= 0.6 is 0 Å². The Bertz CT molecular complexity index is 449. The molecule has 118 valence electrons. The van der Waals surface area contributed by atoms with Crippen LogP contribution in [0.4, 0.5) is 10.5 Å². The van der Waals surface area contributed by atoms with Crippen molar-refractivity contribution >= 4 is 11.7 Å². The monoisotopic (exact) mass is 293 g/mol. The van der Waals surface area contributed by atoms with Crippen LogP contribution in [0.3, 0.4) is 0 Å². The maximum absolute atomic E-state index is 11.8. The van der Waals surface area contributed by atoms with E-state index in [1.54, 1.807) is 0 Å². The predicted octanol–water partition coefficient (Wildman–Crippen LogP) is 2.32. The first-order valence-electron chi connectivity index (χ1n) is 7.43. The molecular weight excluding hydrogens is 266 g/mol. The highest BCUT2D eigenvalue weighted by molar-refractivity contribution is 5.74. The van der Waals surface area contributed by atoms with E-state index in [1.807, 2.05) is 38.1 Å². The molecular formula is C16H27N3O2. The summed E-state index contributed by atoms with van der Waals surface area (Å²) in [6.45, 7) is 8.48. The van der Waals surface area contributed by atoms with Gasteiger partial charge in [-0.2, -0.15) is 0 Å². The second kappa shape index (κ2) is 8.52. The fraction of sp³-hybridized carbons (Fsp3) is 0.562. The Morgan fingerprint density at radius 2 is 1.95 bits per heavy atom. The van der Waals surface area contributed by atoms with Gasteiger partial charge in [-0.3, -0.25) is 0 Å². The fourth-order valence-electron chi connectivity index (χ4n) is 1.84. The molecule has 0 heterocycles. The molecule has 1 rings (SSSR count). The first kappa shape index (κ1) is 17.3. The molecule has 0 aromatic heterocycles. The molecule has 0 aliphatic carbocycles. The molecule has 0 bridgehead atoms. The third-order valence-corrected chi connectivity index (χ3v) is 3.34. The molecule has 0 saturated heterocycles. The highest BCUT2D eigenvalue weighted by Gasteiger charge is 2.13. The third-order valence-electron chi connectivity index (χ3n) is 3.34. The van der Waals surface area contributed by atoms with Gasteiger partial charge in [-0.05, 0) is 44.4 Å². The van der Waals surface area contributed by atoms with E-state index in [9.17, 15) is 4.79 Å². The van der Waals surface area contributed by atoms with Crippen molar-refractivity contribution in [2.75, 3.05) is 11.9 Å². The van der Waals surface area contributed by atoms with Gasteiger partial charge in [0.2, 0.25) is 0 Å². The second-order valence-corrected chi connectivity index (χ2v) is 5.77. The van der Waals surface area contributed by atoms with Crippen molar-refractivity contribution in [2.45, 2.75) is 46.3 Å². The lowest BCUT2D eigenvalue weighted by Crippen LogP contribution is -2.43. The van der Waals surface area contributed by atoms with Gasteiger partial charge in [0.05, 0.1) is 0 Å². The predicted molar refractivity (Wildman–Crippen MR) is 86.3 cm³/mol. The number of rotatable bonds is 7. The molecule has 2 unspecified atom stereocenters. The lowest BCUT2D eigenvalue weighted by atomic mass is 10.1. The van der Waals surface area contributed by atoms with Crippen molar-refractivity contribution in [3.63, 3.8) is 0 Å². The average Bonchev–Trinajstić information content (AvgIpc) is 2.43. The minimum atomic E-state index is -0.218. The molecule has 4 N–H and O–H groups in total. The van der Waals surface area contributed by atoms with Gasteiger partial charge in [-0.1, -0.05) is 19.1 Å². The summed E-state index contributed by atoms with van der Waals surface area (Å²) in [5.41, 5.74) is 2.09. The zero-order valence-electron chi connectivity index (χ0n) is 13.3. The zero-order chi connectivity index (χ0) is 15.8. The van der Waals surface area contributed by atoms with Crippen LogP contribution in [-0.2, 0) is 6.54 Å². The second-order valence-electron chi connectivity index (χ2n) is 5.77. The number of aliphatic hydroxyl groups is 1. The van der Waals surface area contributed by atoms with Crippen molar-refractivity contribution in [3.05, 3.63) is 29.8 Å². The van der Waals surface area contributed by atoms with Gasteiger partial charge < -0.3 is 21.1 Å². The van der Waals surface area contributed by atoms with Crippen LogP contribution < -0.4 is 16.0 Å². The lowest BCUT2D eigenvalue weighted by molar-refractivity contribution is 0.200. The third kappa shape index (κ3) is 6.49. The molecule has 21 heavy (non-hydrogen) atoms. The van der Waals surface area contributed by atoms with E-state index in [0.29, 0.717) is 12.6 Å². The van der Waals surface area contributed by atoms with Gasteiger partial charge in [0.25, 0.3) is 0 Å². The summed E-state index contributed by atoms with van der Waals surface area (Å²) in [5, 5.41) is 18.0. The molecule has 0 fully saturated rings. The number of hydrogen-bond donors (Lipinski definition) is 4. The first-order chi connectivity index (χ1) is 9.92. The molecule has 1 aromatic rings. The smallest absolute Gasteiger partial charge is 0.315 e. The summed E-state index contributed by atoms with van der Waals surface area (Å²) in [7, 11) is 0. The molecule has 0 radical (unpaired) electrons. The summed E-state index contributed by atoms with van der Waals surface area (Å²) < 4.78 is 0. The highest BCUT2D eigenvalue weighted by Crippen LogP contribution is 2.11. The van der Waals surface area contributed by atoms with Crippen molar-refractivity contribution in [1.29, 1.82) is 0 Å². The Kier molecular flexibility index (Phi) is 7.02. The number of urea groups is 1. The van der Waals surface area contributed by atoms with Crippen molar-refractivity contribution in [2.24, 2.45) is 5.92 Å². The Morgan fingerprint density at radius 1 is 1.24 bits per heavy atom. The standard InChI is InChI=1S/C16H27N3O2/c1-11(2)18-15-7-5-6-14(8-15)9-17-16(21)19-13(4)12(3)10-20/h5-8,11-13,18,20H,9-10H2,1-4H3,(H2,17,19,21). The van der Waals surface area contributed by atoms with Crippen LogP contribution in [0.5, 0.6) is 0 Å². The quantitative estimate of drug-likeness (QED) is 0.623. The molecule has 5 nitrogen and oxygen atoms in total. The van der Waals surface area contributed by atoms with Crippen molar-refractivity contribution in [3.8, 4) is 0 Å². The number of amides is 2. The summed E-state index contributed by atoms with van der Waals surface area (Å²) in [6.07, 6.45) is 0. The molecule has 0 saturated carbocycles. The molecule has 2 amide bonds. The van der Waals surface area contributed by atoms with Gasteiger partial charge in [0.15, 0.2) is 0 Å². The normalized spacial score (nSPS) is 13.6. The van der Waals surface area contributed by atoms with E-state index in [4.69, 9.17) is 5.11 Å². The summed E-state index contributed by atoms with van der Waals surface area (Å²) >= 11 is 0. The minimum absolute atomic E-state index is 0.0364. The van der Waals surface area contributed by atoms with Gasteiger partial charge in [-0.15, -0.1) is 0 Å². The topological polar surface area (TPSA) is 73.4 Å². The Morgan fingerprint density at radius 3 is 2.57 bits per heavy atom. The van der Waals surface area contributed by atoms with E-state index in [0.717, 1.165) is 11.3 Å². The molecule has 0 aliphatic rings. The average molecular weight is 293 g/mol. The largest absolute Gasteiger partial charge is 0.396 e. The van der Waals surface area contributed by atoms with Crippen LogP contribution in [0.2, 0.25) is 0 Å². The zero-order valence-corrected chi connectivity index (χ0v) is 13.3. The van der Waals surface area contributed by atoms with Gasteiger partial charge in [0, 0.05) is 30.9 Å². The Labute approximate surface area is 127 Å². The van der Waals surface area contributed by atoms with Gasteiger partial charge >= 0.3 is 6.03 Å². The summed E-state index contributed by atoms with van der Waals surface area (Å²) in [5.74, 6) is 0.0364. The van der Waals surface area contributed by atoms with E-state index in [1.165, 1.54) is 0 Å². The Balaban J connectivity index is 2.46. The molecule has 0 aliphatic heterocycles. The van der Waals surface area contributed by atoms with Gasteiger partial charge in [0.1, 0.15) is 0 Å². The van der Waals surface area contributed by atoms with E-state index in [-0.39, 0.29) is 24.6 Å². The van der Waals surface area contributed by atoms with E-state index in [2.05, 4.69) is 29.8 Å². The first-order valence-corrected chi connectivity index (χ1v) is 7.43. The summed E-state index contributed by atoms with van der Waals surface area (Å²) in [6, 6.07) is 8.07. The fourth-order valence-corrected chi connectivity index (χ4v) is 1.84. The van der Waals surface area contributed by atoms with Crippen molar-refractivity contribution < 1.29 is 9.90 Å². The summed E-state index contributed by atoms with van der Waals surface area (Å²) in [4.78, 5) is 11.8. The maximum atomic E-state index is 11.8. The molecule has 0 spiro atoms. The number of hydrogen-bond acceptors (Lipinski definition) is 3. The number of anilines is 1. The van der Waals surface area contributed by atoms with Crippen LogP contribution in [0.15, 0.2) is 24.3 Å². The van der Waals surface area contributed by atoms with Crippen molar-refractivity contribution in [1.82, 2.24) is 10.6 Å². The number of carbonyl (C=O) groups is 1. The molecule has 2 atom stereocenters. The van der Waals surface area contributed by atoms with Crippen LogP contribution in [0.25, 0.3) is 0 Å². The minimum Gasteiger partial charge on any atom is -0.396 e. The number of benzene rings is 1. The maximum Gasteiger partial charge on any atom is 0.315 e. The van der Waals surface area contributed by atoms with Crippen LogP contribution in [0, 0.1) is 5.92 Å². The molecule has 1 aromatic carbocycles. The number of aliphatic hydroxyl groups excluding tert-OH is 1. The van der Waals surface area contributed by atoms with Crippen LogP contribution in [0.1, 0.15) is 33.3 Å². The van der Waals surface area contributed by atoms with E-state index >= 15 is 0 Å². The molecule has 5 heteroatoms. The number of carbonyl (C=O) groups excluding carboxylic acids is 1. The highest BCUT2D eigenvalue weighted by atomic mass is 16.3. The van der Waals surface area contributed by atoms with Crippen LogP contribution in [-0.4, -0.2) is 29.8 Å². The van der Waals surface area contributed by atoms with E-state index < -0.39 is 0 Å². The number of nitrogens with one attached hydrogen (secondary N) is 3. The Hall–Kier alpha value is -1.75. The SMILES string of the molecule is CC(C)Nc1cccc(CNC(=O)NC(C)C(C)CO)c1. The van der Waals surface area contributed by atoms with Gasteiger partial charge in [-0.25, -0.2) is 4.79 Å².